The number of hydrogen-bond donors (Lipinski definition) is 1. The van der Waals surface area contributed by atoms with Crippen LogP contribution in [0.2, 0.25) is 5.02 Å². The number of carbonyl (C=O) groups excluding carboxylic acids is 1. The van der Waals surface area contributed by atoms with Crippen molar-refractivity contribution in [2.24, 2.45) is 5.92 Å². The monoisotopic (exact) mass is 400 g/mol. The van der Waals surface area contributed by atoms with Gasteiger partial charge in [0.2, 0.25) is 5.91 Å². The molecule has 0 bridgehead atoms. The van der Waals surface area contributed by atoms with Gasteiger partial charge in [-0.3, -0.25) is 9.78 Å². The van der Waals surface area contributed by atoms with E-state index in [9.17, 15) is 4.79 Å². The van der Waals surface area contributed by atoms with E-state index in [-0.39, 0.29) is 17.2 Å². The van der Waals surface area contributed by atoms with Crippen molar-refractivity contribution in [3.63, 3.8) is 0 Å². The smallest absolute Gasteiger partial charge is 0.223 e. The molecule has 0 aliphatic carbocycles. The molecule has 3 rings (SSSR count). The summed E-state index contributed by atoms with van der Waals surface area (Å²) >= 11 is 6.05. The normalized spacial score (nSPS) is 15.5. The fraction of sp³-hybridized carbons (Fsp3) is 0.500. The van der Waals surface area contributed by atoms with Crippen LogP contribution in [0.25, 0.3) is 0 Å². The van der Waals surface area contributed by atoms with Crippen molar-refractivity contribution in [1.82, 2.24) is 15.3 Å². The third-order valence-corrected chi connectivity index (χ3v) is 6.40. The van der Waals surface area contributed by atoms with Crippen LogP contribution in [0, 0.1) is 5.92 Å². The summed E-state index contributed by atoms with van der Waals surface area (Å²) in [6.07, 6.45) is 8.79. The van der Waals surface area contributed by atoms with E-state index >= 15 is 0 Å². The first-order valence-electron chi connectivity index (χ1n) is 10.1. The van der Waals surface area contributed by atoms with Gasteiger partial charge < -0.3 is 10.2 Å². The van der Waals surface area contributed by atoms with Gasteiger partial charge in [-0.05, 0) is 43.4 Å². The zero-order valence-electron chi connectivity index (χ0n) is 16.7. The molecule has 0 saturated carbocycles. The Bertz CT molecular complexity index is 754. The SMILES string of the molecule is CCC(CC)(CNC(=O)C1CCN(c2cnccn2)CC1)c1ccc(Cl)cc1. The molecule has 0 unspecified atom stereocenters. The fourth-order valence-corrected chi connectivity index (χ4v) is 4.17. The summed E-state index contributed by atoms with van der Waals surface area (Å²) in [5.41, 5.74) is 1.18. The lowest BCUT2D eigenvalue weighted by molar-refractivity contribution is -0.125. The molecule has 1 saturated heterocycles. The number of benzene rings is 1. The van der Waals surface area contributed by atoms with Crippen molar-refractivity contribution >= 4 is 23.3 Å². The summed E-state index contributed by atoms with van der Waals surface area (Å²) in [6.45, 7) is 6.69. The van der Waals surface area contributed by atoms with Gasteiger partial charge in [0.15, 0.2) is 0 Å². The first-order valence-corrected chi connectivity index (χ1v) is 10.5. The summed E-state index contributed by atoms with van der Waals surface area (Å²) in [4.78, 5) is 23.5. The molecule has 0 radical (unpaired) electrons. The maximum Gasteiger partial charge on any atom is 0.223 e. The first-order chi connectivity index (χ1) is 13.6. The average Bonchev–Trinajstić information content (AvgIpc) is 2.76. The van der Waals surface area contributed by atoms with Gasteiger partial charge in [0, 0.05) is 48.4 Å². The number of hydrogen-bond acceptors (Lipinski definition) is 4. The lowest BCUT2D eigenvalue weighted by Crippen LogP contribution is -2.45. The van der Waals surface area contributed by atoms with Crippen LogP contribution in [0.1, 0.15) is 45.1 Å². The minimum Gasteiger partial charge on any atom is -0.355 e. The summed E-state index contributed by atoms with van der Waals surface area (Å²) in [6, 6.07) is 8.03. The highest BCUT2D eigenvalue weighted by Gasteiger charge is 2.31. The lowest BCUT2D eigenvalue weighted by Gasteiger charge is -2.35. The molecule has 0 spiro atoms. The Morgan fingerprint density at radius 2 is 1.86 bits per heavy atom. The van der Waals surface area contributed by atoms with Gasteiger partial charge in [-0.25, -0.2) is 4.98 Å². The van der Waals surface area contributed by atoms with Gasteiger partial charge >= 0.3 is 0 Å². The van der Waals surface area contributed by atoms with E-state index in [4.69, 9.17) is 11.6 Å². The van der Waals surface area contributed by atoms with E-state index in [2.05, 4.69) is 46.2 Å². The third-order valence-electron chi connectivity index (χ3n) is 6.15. The molecule has 2 aromatic rings. The van der Waals surface area contributed by atoms with Crippen molar-refractivity contribution in [3.05, 3.63) is 53.4 Å². The minimum atomic E-state index is -0.0550. The second-order valence-corrected chi connectivity index (χ2v) is 7.97. The van der Waals surface area contributed by atoms with Gasteiger partial charge in [0.1, 0.15) is 5.82 Å². The molecule has 2 heterocycles. The Morgan fingerprint density at radius 1 is 1.18 bits per heavy atom. The van der Waals surface area contributed by atoms with Gasteiger partial charge in [0.05, 0.1) is 6.20 Å². The molecule has 1 N–H and O–H groups in total. The van der Waals surface area contributed by atoms with Crippen LogP contribution in [0.5, 0.6) is 0 Å². The third kappa shape index (κ3) is 4.64. The molecule has 6 heteroatoms. The number of piperidine rings is 1. The molecule has 1 fully saturated rings. The van der Waals surface area contributed by atoms with E-state index in [0.29, 0.717) is 6.54 Å². The Hall–Kier alpha value is -2.14. The number of amides is 1. The fourth-order valence-electron chi connectivity index (χ4n) is 4.04. The number of aromatic nitrogens is 2. The second kappa shape index (κ2) is 9.37. The molecule has 1 aliphatic rings. The molecule has 1 aromatic carbocycles. The predicted molar refractivity (Wildman–Crippen MR) is 114 cm³/mol. The first kappa shape index (κ1) is 20.6. The Labute approximate surface area is 172 Å². The highest BCUT2D eigenvalue weighted by Crippen LogP contribution is 2.32. The number of anilines is 1. The van der Waals surface area contributed by atoms with Crippen molar-refractivity contribution < 1.29 is 4.79 Å². The number of rotatable bonds is 7. The van der Waals surface area contributed by atoms with Crippen LogP contribution >= 0.6 is 11.6 Å². The standard InChI is InChI=1S/C22H29ClN4O/c1-3-22(4-2,18-5-7-19(23)8-6-18)16-26-21(28)17-9-13-27(14-10-17)20-15-24-11-12-25-20/h5-8,11-12,15,17H,3-4,9-10,13-14,16H2,1-2H3,(H,26,28). The summed E-state index contributed by atoms with van der Waals surface area (Å²) in [7, 11) is 0. The maximum absolute atomic E-state index is 12.8. The molecule has 1 amide bonds. The lowest BCUT2D eigenvalue weighted by atomic mass is 9.75. The largest absolute Gasteiger partial charge is 0.355 e. The Morgan fingerprint density at radius 3 is 2.43 bits per heavy atom. The van der Waals surface area contributed by atoms with Crippen molar-refractivity contribution in [1.29, 1.82) is 0 Å². The van der Waals surface area contributed by atoms with E-state index in [1.165, 1.54) is 5.56 Å². The molecule has 0 atom stereocenters. The van der Waals surface area contributed by atoms with E-state index < -0.39 is 0 Å². The van der Waals surface area contributed by atoms with Crippen LogP contribution in [-0.2, 0) is 10.2 Å². The van der Waals surface area contributed by atoms with Crippen LogP contribution in [0.15, 0.2) is 42.9 Å². The highest BCUT2D eigenvalue weighted by molar-refractivity contribution is 6.30. The summed E-state index contributed by atoms with van der Waals surface area (Å²) < 4.78 is 0. The highest BCUT2D eigenvalue weighted by atomic mass is 35.5. The molecule has 5 nitrogen and oxygen atoms in total. The molecule has 1 aromatic heterocycles. The van der Waals surface area contributed by atoms with E-state index in [1.807, 2.05) is 12.1 Å². The van der Waals surface area contributed by atoms with E-state index in [0.717, 1.165) is 49.6 Å². The van der Waals surface area contributed by atoms with Gasteiger partial charge in [-0.2, -0.15) is 0 Å². The Kier molecular flexibility index (Phi) is 6.89. The van der Waals surface area contributed by atoms with Crippen LogP contribution in [0.3, 0.4) is 0 Å². The maximum atomic E-state index is 12.8. The zero-order chi connectivity index (χ0) is 20.0. The van der Waals surface area contributed by atoms with Crippen LogP contribution in [-0.4, -0.2) is 35.5 Å². The molecule has 28 heavy (non-hydrogen) atoms. The molecule has 150 valence electrons. The molecular formula is C22H29ClN4O. The van der Waals surface area contributed by atoms with Crippen LogP contribution in [0.4, 0.5) is 5.82 Å². The van der Waals surface area contributed by atoms with Gasteiger partial charge in [0.25, 0.3) is 0 Å². The molecule has 1 aliphatic heterocycles. The number of nitrogens with zero attached hydrogens (tertiary/aromatic N) is 3. The second-order valence-electron chi connectivity index (χ2n) is 7.54. The average molecular weight is 401 g/mol. The summed E-state index contributed by atoms with van der Waals surface area (Å²) in [5.74, 6) is 1.11. The van der Waals surface area contributed by atoms with Crippen molar-refractivity contribution in [2.45, 2.75) is 44.9 Å². The van der Waals surface area contributed by atoms with Gasteiger partial charge in [-0.15, -0.1) is 0 Å². The predicted octanol–water partition coefficient (Wildman–Crippen LogP) is 4.22. The quantitative estimate of drug-likeness (QED) is 0.755. The van der Waals surface area contributed by atoms with E-state index in [1.54, 1.807) is 18.6 Å². The summed E-state index contributed by atoms with van der Waals surface area (Å²) in [5, 5.41) is 3.98. The van der Waals surface area contributed by atoms with Crippen LogP contribution < -0.4 is 10.2 Å². The van der Waals surface area contributed by atoms with Crippen molar-refractivity contribution in [3.8, 4) is 0 Å². The number of nitrogens with one attached hydrogen (secondary N) is 1. The minimum absolute atomic E-state index is 0.0550. The molecular weight excluding hydrogens is 372 g/mol. The zero-order valence-corrected chi connectivity index (χ0v) is 17.5. The van der Waals surface area contributed by atoms with Gasteiger partial charge in [-0.1, -0.05) is 37.6 Å². The number of halogens is 1. The number of carbonyl (C=O) groups is 1. The van der Waals surface area contributed by atoms with Crippen molar-refractivity contribution in [2.75, 3.05) is 24.5 Å². The topological polar surface area (TPSA) is 58.1 Å². The Balaban J connectivity index is 1.57.